The van der Waals surface area contributed by atoms with Crippen LogP contribution in [0.25, 0.3) is 0 Å². The van der Waals surface area contributed by atoms with Gasteiger partial charge in [0.2, 0.25) is 0 Å². The molecule has 5 atom stereocenters. The number of allylic oxidation sites excluding steroid dienone is 1. The molecule has 2 fully saturated rings. The van der Waals surface area contributed by atoms with E-state index in [0.717, 1.165) is 5.56 Å². The van der Waals surface area contributed by atoms with Crippen LogP contribution in [0.1, 0.15) is 26.3 Å². The molecule has 0 bridgehead atoms. The fourth-order valence-corrected chi connectivity index (χ4v) is 3.12. The Morgan fingerprint density at radius 3 is 2.72 bits per heavy atom. The number of benzene rings is 1. The van der Waals surface area contributed by atoms with Crippen LogP contribution in [0.2, 0.25) is 0 Å². The fraction of sp³-hybridized carbons (Fsp3) is 0.579. The van der Waals surface area contributed by atoms with Crippen molar-refractivity contribution in [2.45, 2.75) is 63.9 Å². The number of ether oxygens (including phenoxy) is 5. The Hall–Kier alpha value is -1.44. The summed E-state index contributed by atoms with van der Waals surface area (Å²) in [5, 5.41) is 10.5. The molecule has 2 aliphatic heterocycles. The number of rotatable bonds is 7. The molecule has 6 nitrogen and oxygen atoms in total. The summed E-state index contributed by atoms with van der Waals surface area (Å²) in [6.07, 6.45) is 0.468. The highest BCUT2D eigenvalue weighted by molar-refractivity contribution is 5.13. The zero-order valence-electron chi connectivity index (χ0n) is 14.8. The highest BCUT2D eigenvalue weighted by Gasteiger charge is 2.57. The molecule has 0 amide bonds. The van der Waals surface area contributed by atoms with Crippen LogP contribution in [0.15, 0.2) is 42.7 Å². The van der Waals surface area contributed by atoms with E-state index in [0.29, 0.717) is 6.61 Å². The molecule has 2 saturated heterocycles. The molecule has 3 rings (SSSR count). The summed E-state index contributed by atoms with van der Waals surface area (Å²) in [6.45, 7) is 6.04. The lowest BCUT2D eigenvalue weighted by atomic mass is 10.1. The molecule has 0 spiro atoms. The van der Waals surface area contributed by atoms with Crippen molar-refractivity contribution in [3.05, 3.63) is 48.2 Å². The maximum absolute atomic E-state index is 10.5. The topological polar surface area (TPSA) is 66.4 Å². The maximum atomic E-state index is 10.5. The van der Waals surface area contributed by atoms with Crippen molar-refractivity contribution < 1.29 is 28.8 Å². The Morgan fingerprint density at radius 2 is 2.00 bits per heavy atom. The van der Waals surface area contributed by atoms with Crippen LogP contribution in [0.5, 0.6) is 0 Å². The molecule has 1 aromatic rings. The molecule has 1 aromatic carbocycles. The minimum absolute atomic E-state index is 0.114. The fourth-order valence-electron chi connectivity index (χ4n) is 3.12. The standard InChI is InChI=1S/C19H26O6/c1-4-10-21-12-14(20)15-16(22-11-13-8-6-5-7-9-13)17-18(23-15)25-19(2,3)24-17/h4-10,14-18,20H,11-12H2,1-3H3/b10-4+/t14-,15-,16+,17-,18-/m1/s1. The molecule has 0 saturated carbocycles. The average molecular weight is 350 g/mol. The van der Waals surface area contributed by atoms with Gasteiger partial charge in [-0.25, -0.2) is 0 Å². The highest BCUT2D eigenvalue weighted by Crippen LogP contribution is 2.40. The highest BCUT2D eigenvalue weighted by atomic mass is 16.8. The Bertz CT molecular complexity index is 573. The van der Waals surface area contributed by atoms with Crippen LogP contribution < -0.4 is 0 Å². The second-order valence-corrected chi connectivity index (χ2v) is 6.70. The predicted molar refractivity (Wildman–Crippen MR) is 90.5 cm³/mol. The summed E-state index contributed by atoms with van der Waals surface area (Å²) in [4.78, 5) is 0. The van der Waals surface area contributed by atoms with E-state index >= 15 is 0 Å². The minimum atomic E-state index is -0.849. The van der Waals surface area contributed by atoms with Crippen molar-refractivity contribution in [2.24, 2.45) is 0 Å². The first-order chi connectivity index (χ1) is 12.0. The van der Waals surface area contributed by atoms with Crippen LogP contribution in [0, 0.1) is 0 Å². The van der Waals surface area contributed by atoms with Crippen molar-refractivity contribution >= 4 is 0 Å². The third kappa shape index (κ3) is 4.40. The lowest BCUT2D eigenvalue weighted by Crippen LogP contribution is -2.44. The van der Waals surface area contributed by atoms with E-state index in [1.807, 2.05) is 51.1 Å². The summed E-state index contributed by atoms with van der Waals surface area (Å²) >= 11 is 0. The number of aliphatic hydroxyl groups is 1. The first kappa shape index (κ1) is 18.4. The van der Waals surface area contributed by atoms with E-state index in [2.05, 4.69) is 0 Å². The Morgan fingerprint density at radius 1 is 1.24 bits per heavy atom. The van der Waals surface area contributed by atoms with E-state index in [4.69, 9.17) is 23.7 Å². The van der Waals surface area contributed by atoms with E-state index in [-0.39, 0.29) is 12.7 Å². The smallest absolute Gasteiger partial charge is 0.190 e. The van der Waals surface area contributed by atoms with E-state index in [1.165, 1.54) is 6.26 Å². The summed E-state index contributed by atoms with van der Waals surface area (Å²) in [5.74, 6) is -0.735. The number of fused-ring (bicyclic) bond motifs is 1. The van der Waals surface area contributed by atoms with Gasteiger partial charge in [-0.2, -0.15) is 0 Å². The van der Waals surface area contributed by atoms with E-state index < -0.39 is 30.4 Å². The second kappa shape index (κ2) is 7.85. The first-order valence-electron chi connectivity index (χ1n) is 8.57. The van der Waals surface area contributed by atoms with Crippen molar-refractivity contribution in [2.75, 3.05) is 6.61 Å². The Labute approximate surface area is 148 Å². The van der Waals surface area contributed by atoms with Crippen LogP contribution in [-0.2, 0) is 30.3 Å². The zero-order chi connectivity index (χ0) is 17.9. The molecule has 2 aliphatic rings. The summed E-state index contributed by atoms with van der Waals surface area (Å²) in [7, 11) is 0. The quantitative estimate of drug-likeness (QED) is 0.762. The molecule has 2 heterocycles. The minimum Gasteiger partial charge on any atom is -0.499 e. The van der Waals surface area contributed by atoms with Gasteiger partial charge in [0.25, 0.3) is 0 Å². The van der Waals surface area contributed by atoms with E-state index in [9.17, 15) is 5.11 Å². The normalized spacial score (nSPS) is 32.0. The second-order valence-electron chi connectivity index (χ2n) is 6.70. The van der Waals surface area contributed by atoms with Gasteiger partial charge in [0.1, 0.15) is 31.0 Å². The number of hydrogen-bond donors (Lipinski definition) is 1. The summed E-state index contributed by atoms with van der Waals surface area (Å²) in [5.41, 5.74) is 1.04. The summed E-state index contributed by atoms with van der Waals surface area (Å²) in [6, 6.07) is 9.86. The third-order valence-electron chi connectivity index (χ3n) is 4.19. The number of hydrogen-bond acceptors (Lipinski definition) is 6. The van der Waals surface area contributed by atoms with Crippen molar-refractivity contribution in [3.8, 4) is 0 Å². The SMILES string of the molecule is C/C=C/OC[C@@H](O)[C@H]1O[C@@H]2OC(C)(C)O[C@@H]2[C@H]1OCc1ccccc1. The third-order valence-corrected chi connectivity index (χ3v) is 4.19. The van der Waals surface area contributed by atoms with Gasteiger partial charge in [-0.1, -0.05) is 36.4 Å². The molecule has 1 N–H and O–H groups in total. The van der Waals surface area contributed by atoms with Crippen LogP contribution in [-0.4, -0.2) is 48.2 Å². The molecule has 0 aromatic heterocycles. The Balaban J connectivity index is 1.68. The molecular weight excluding hydrogens is 324 g/mol. The molecule has 0 aliphatic carbocycles. The molecule has 6 heteroatoms. The van der Waals surface area contributed by atoms with Crippen LogP contribution in [0.4, 0.5) is 0 Å². The van der Waals surface area contributed by atoms with Gasteiger partial charge < -0.3 is 28.8 Å². The van der Waals surface area contributed by atoms with Gasteiger partial charge in [0, 0.05) is 0 Å². The van der Waals surface area contributed by atoms with Gasteiger partial charge in [-0.3, -0.25) is 0 Å². The maximum Gasteiger partial charge on any atom is 0.190 e. The largest absolute Gasteiger partial charge is 0.499 e. The van der Waals surface area contributed by atoms with E-state index in [1.54, 1.807) is 6.08 Å². The molecule has 0 radical (unpaired) electrons. The summed E-state index contributed by atoms with van der Waals surface area (Å²) < 4.78 is 29.0. The lowest BCUT2D eigenvalue weighted by Gasteiger charge is -2.28. The number of aliphatic hydroxyl groups excluding tert-OH is 1. The van der Waals surface area contributed by atoms with Crippen molar-refractivity contribution in [1.29, 1.82) is 0 Å². The molecule has 25 heavy (non-hydrogen) atoms. The van der Waals surface area contributed by atoms with Crippen LogP contribution >= 0.6 is 0 Å². The molecular formula is C19H26O6. The average Bonchev–Trinajstić information content (AvgIpc) is 3.06. The van der Waals surface area contributed by atoms with Gasteiger partial charge in [-0.15, -0.1) is 0 Å². The first-order valence-corrected chi connectivity index (χ1v) is 8.57. The van der Waals surface area contributed by atoms with Crippen LogP contribution in [0.3, 0.4) is 0 Å². The van der Waals surface area contributed by atoms with Gasteiger partial charge >= 0.3 is 0 Å². The van der Waals surface area contributed by atoms with Gasteiger partial charge in [0.05, 0.1) is 12.9 Å². The Kier molecular flexibility index (Phi) is 5.76. The zero-order valence-corrected chi connectivity index (χ0v) is 14.8. The lowest BCUT2D eigenvalue weighted by molar-refractivity contribution is -0.232. The van der Waals surface area contributed by atoms with Crippen molar-refractivity contribution in [1.82, 2.24) is 0 Å². The predicted octanol–water partition coefficient (Wildman–Crippen LogP) is 2.36. The van der Waals surface area contributed by atoms with Gasteiger partial charge in [0.15, 0.2) is 12.1 Å². The van der Waals surface area contributed by atoms with Crippen molar-refractivity contribution in [3.63, 3.8) is 0 Å². The monoisotopic (exact) mass is 350 g/mol. The van der Waals surface area contributed by atoms with Gasteiger partial charge in [-0.05, 0) is 26.3 Å². The molecule has 138 valence electrons. The molecule has 0 unspecified atom stereocenters.